The predicted octanol–water partition coefficient (Wildman–Crippen LogP) is -4.33. The van der Waals surface area contributed by atoms with Crippen LogP contribution in [0.1, 0.15) is 0 Å². The van der Waals surface area contributed by atoms with Gasteiger partial charge in [-0.2, -0.15) is 0 Å². The summed E-state index contributed by atoms with van der Waals surface area (Å²) in [5.74, 6) is 1.97. The van der Waals surface area contributed by atoms with Crippen LogP contribution in [0.2, 0.25) is 5.79 Å². The van der Waals surface area contributed by atoms with Gasteiger partial charge in [0.1, 0.15) is 0 Å². The number of rotatable bonds is 0. The fourth-order valence-electron chi connectivity index (χ4n) is 0. The molecule has 103 valence electrons. The molecule has 0 amide bonds. The molecule has 0 heterocycles. The van der Waals surface area contributed by atoms with E-state index in [4.69, 9.17) is 30.2 Å². The van der Waals surface area contributed by atoms with Crippen LogP contribution in [0.15, 0.2) is 0 Å². The molecule has 0 saturated carbocycles. The van der Waals surface area contributed by atoms with Gasteiger partial charge in [0.15, 0.2) is 0 Å². The van der Waals surface area contributed by atoms with Crippen molar-refractivity contribution in [3.05, 3.63) is 0 Å². The molecule has 0 bridgehead atoms. The Labute approximate surface area is 107 Å². The Morgan fingerprint density at radius 1 is 0.714 bits per heavy atom. The SMILES string of the molecule is O.O.O.O.O.O.O.O.[CH3][Al][Cl].[Cl][Fe][Cl]. The molecule has 0 fully saturated rings. The Morgan fingerprint density at radius 3 is 0.714 bits per heavy atom. The van der Waals surface area contributed by atoms with E-state index in [-0.39, 0.29) is 71.2 Å². The van der Waals surface area contributed by atoms with Crippen LogP contribution in [0, 0.1) is 0 Å². The summed E-state index contributed by atoms with van der Waals surface area (Å²) >= 11 is 0.417. The Morgan fingerprint density at radius 2 is 0.714 bits per heavy atom. The zero-order chi connectivity index (χ0) is 5.41. The molecule has 14 heavy (non-hydrogen) atoms. The molecule has 0 aliphatic rings. The number of halogens is 3. The summed E-state index contributed by atoms with van der Waals surface area (Å²) in [5.41, 5.74) is 0. The van der Waals surface area contributed by atoms with Crippen LogP contribution >= 0.6 is 30.2 Å². The van der Waals surface area contributed by atoms with E-state index in [1.165, 1.54) is 0 Å². The molecule has 1 radical (unpaired) electrons. The second kappa shape index (κ2) is 208. The summed E-state index contributed by atoms with van der Waals surface area (Å²) in [5, 5.41) is 0. The molecule has 0 aromatic rings. The first-order chi connectivity index (χ1) is 2.83. The third-order valence-electron chi connectivity index (χ3n) is 0. The number of hydrogen-bond donors (Lipinski definition) is 0. The summed E-state index contributed by atoms with van der Waals surface area (Å²) in [6.45, 7) is 0. The van der Waals surface area contributed by atoms with E-state index in [1.807, 2.05) is 5.79 Å². The Kier molecular flexibility index (Phi) is 1580. The van der Waals surface area contributed by atoms with Gasteiger partial charge in [-0.1, -0.05) is 5.79 Å². The molecule has 0 aromatic heterocycles. The second-order valence-electron chi connectivity index (χ2n) is 0.269. The van der Waals surface area contributed by atoms with Crippen LogP contribution in [-0.4, -0.2) is 58.1 Å². The molecule has 0 spiro atoms. The number of hydrogen-bond acceptors (Lipinski definition) is 0. The quantitative estimate of drug-likeness (QED) is 0.376. The van der Waals surface area contributed by atoms with E-state index in [0.29, 0.717) is 0 Å². The Balaban J connectivity index is -0.00000000182. The topological polar surface area (TPSA) is 252 Å². The van der Waals surface area contributed by atoms with Gasteiger partial charge in [0.2, 0.25) is 0 Å². The van der Waals surface area contributed by atoms with Crippen molar-refractivity contribution < 1.29 is 56.9 Å². The van der Waals surface area contributed by atoms with E-state index >= 15 is 0 Å². The third kappa shape index (κ3) is 842. The van der Waals surface area contributed by atoms with E-state index < -0.39 is 0 Å². The van der Waals surface area contributed by atoms with Crippen LogP contribution < -0.4 is 0 Å². The molecule has 16 N–H and O–H groups in total. The van der Waals surface area contributed by atoms with E-state index in [0.717, 1.165) is 0 Å². The van der Waals surface area contributed by atoms with Crippen LogP contribution in [-0.2, 0) is 13.1 Å². The van der Waals surface area contributed by atoms with Gasteiger partial charge < -0.3 is 43.8 Å². The van der Waals surface area contributed by atoms with Crippen molar-refractivity contribution in [1.82, 2.24) is 0 Å². The second-order valence-corrected chi connectivity index (χ2v) is 3.84. The molecule has 0 aromatic carbocycles. The molecule has 13 heteroatoms. The van der Waals surface area contributed by atoms with Gasteiger partial charge in [-0.05, 0) is 0 Å². The predicted molar refractivity (Wildman–Crippen MR) is 58.1 cm³/mol. The first kappa shape index (κ1) is 106. The molecule has 0 aliphatic heterocycles. The van der Waals surface area contributed by atoms with Crippen molar-refractivity contribution in [2.24, 2.45) is 0 Å². The maximum atomic E-state index is 5.08. The van der Waals surface area contributed by atoms with Crippen molar-refractivity contribution in [2.75, 3.05) is 0 Å². The normalized spacial score (nSPS) is 2.57. The van der Waals surface area contributed by atoms with E-state index in [1.54, 1.807) is 0 Å². The first-order valence-electron chi connectivity index (χ1n) is 1.06. The van der Waals surface area contributed by atoms with Crippen molar-refractivity contribution in [3.63, 3.8) is 0 Å². The van der Waals surface area contributed by atoms with E-state index in [9.17, 15) is 0 Å². The van der Waals surface area contributed by atoms with Crippen molar-refractivity contribution in [2.45, 2.75) is 5.79 Å². The van der Waals surface area contributed by atoms with Gasteiger partial charge in [0.25, 0.3) is 0 Å². The van der Waals surface area contributed by atoms with Gasteiger partial charge in [-0.15, -0.1) is 0 Å². The molecule has 0 saturated heterocycles. The Hall–Kier alpha value is 1.60. The molecular weight excluding hydrogens is 329 g/mol. The minimum absolute atomic E-state index is 0. The average Bonchev–Trinajstić information content (AvgIpc) is 1.39. The first-order valence-corrected chi connectivity index (χ1v) is 7.00. The fraction of sp³-hybridized carbons (Fsp3) is 1.00. The molecule has 0 rings (SSSR count). The molecular formula is CH19AlCl3FeO8. The average molecular weight is 348 g/mol. The van der Waals surface area contributed by atoms with Crippen molar-refractivity contribution >= 4 is 44.5 Å². The molecule has 8 nitrogen and oxygen atoms in total. The van der Waals surface area contributed by atoms with Crippen LogP contribution in [0.4, 0.5) is 0 Å². The van der Waals surface area contributed by atoms with Gasteiger partial charge in [-0.3, -0.25) is 10.0 Å². The van der Waals surface area contributed by atoms with Gasteiger partial charge in [0.05, 0.1) is 0 Å². The summed E-state index contributed by atoms with van der Waals surface area (Å²) in [6, 6.07) is 0. The summed E-state index contributed by atoms with van der Waals surface area (Å²) < 4.78 is 0. The van der Waals surface area contributed by atoms with E-state index in [2.05, 4.69) is 0 Å². The fourth-order valence-corrected chi connectivity index (χ4v) is 0. The summed E-state index contributed by atoms with van der Waals surface area (Å²) in [6.07, 6.45) is 0. The Bertz CT molecular complexity index is 26.5. The van der Waals surface area contributed by atoms with Crippen molar-refractivity contribution in [1.29, 1.82) is 0 Å². The van der Waals surface area contributed by atoms with Crippen LogP contribution in [0.5, 0.6) is 0 Å². The van der Waals surface area contributed by atoms with Crippen molar-refractivity contribution in [3.8, 4) is 0 Å². The minimum atomic E-state index is 0. The third-order valence-corrected chi connectivity index (χ3v) is 0. The zero-order valence-electron chi connectivity index (χ0n) is 7.06. The van der Waals surface area contributed by atoms with Crippen LogP contribution in [0.25, 0.3) is 0 Å². The van der Waals surface area contributed by atoms with Gasteiger partial charge in [0, 0.05) is 0 Å². The molecule has 0 unspecified atom stereocenters. The van der Waals surface area contributed by atoms with Gasteiger partial charge in [-0.25, -0.2) is 0 Å². The standard InChI is InChI=1S/CH3.Al.3ClH.Fe.8H2O/h1H3;;3*1H;;8*1H2/q;+1;;;;+2;;;;;;;;/p-3. The van der Waals surface area contributed by atoms with Gasteiger partial charge >= 0.3 is 47.6 Å². The summed E-state index contributed by atoms with van der Waals surface area (Å²) in [7, 11) is 14.6. The zero-order valence-corrected chi connectivity index (χ0v) is 11.6. The maximum absolute atomic E-state index is 5.08. The monoisotopic (exact) mass is 347 g/mol. The van der Waals surface area contributed by atoms with Crippen LogP contribution in [0.3, 0.4) is 0 Å². The molecule has 0 aliphatic carbocycles. The summed E-state index contributed by atoms with van der Waals surface area (Å²) in [4.78, 5) is 0. The molecule has 0 atom stereocenters.